The SMILES string of the molecule is Br.COc1c(OCCCC(N)=O)cc(C(=O)CN2Cc3ccc(C4CC4)nc3C2=N)cc1C(C)(C)C. The van der Waals surface area contributed by atoms with Gasteiger partial charge < -0.3 is 20.1 Å². The van der Waals surface area contributed by atoms with Crippen LogP contribution in [0.3, 0.4) is 0 Å². The number of fused-ring (bicyclic) bond motifs is 1. The van der Waals surface area contributed by atoms with Gasteiger partial charge in [-0.15, -0.1) is 17.0 Å². The molecule has 2 aliphatic rings. The van der Waals surface area contributed by atoms with Gasteiger partial charge in [-0.3, -0.25) is 15.0 Å². The number of hydrogen-bond donors (Lipinski definition) is 2. The highest BCUT2D eigenvalue weighted by Gasteiger charge is 2.32. The summed E-state index contributed by atoms with van der Waals surface area (Å²) in [5.74, 6) is 1.35. The van der Waals surface area contributed by atoms with Crippen LogP contribution in [-0.4, -0.2) is 47.7 Å². The minimum atomic E-state index is -0.382. The summed E-state index contributed by atoms with van der Waals surface area (Å²) in [5, 5.41) is 8.62. The van der Waals surface area contributed by atoms with Crippen LogP contribution in [0, 0.1) is 5.41 Å². The molecule has 1 aliphatic heterocycles. The zero-order valence-corrected chi connectivity index (χ0v) is 23.1. The van der Waals surface area contributed by atoms with Crippen molar-refractivity contribution >= 4 is 34.5 Å². The molecule has 0 saturated heterocycles. The smallest absolute Gasteiger partial charge is 0.217 e. The number of ether oxygens (including phenoxy) is 2. The number of rotatable bonds is 10. The lowest BCUT2D eigenvalue weighted by molar-refractivity contribution is -0.118. The topological polar surface area (TPSA) is 119 Å². The number of nitrogens with two attached hydrogens (primary N) is 1. The van der Waals surface area contributed by atoms with Crippen molar-refractivity contribution in [2.45, 2.75) is 64.3 Å². The van der Waals surface area contributed by atoms with E-state index < -0.39 is 0 Å². The normalized spacial score (nSPS) is 14.8. The van der Waals surface area contributed by atoms with E-state index in [0.717, 1.165) is 29.7 Å². The summed E-state index contributed by atoms with van der Waals surface area (Å²) in [5.41, 5.74) is 8.99. The zero-order chi connectivity index (χ0) is 25.3. The molecule has 0 unspecified atom stereocenters. The molecule has 1 aliphatic carbocycles. The molecule has 8 nitrogen and oxygen atoms in total. The van der Waals surface area contributed by atoms with Crippen molar-refractivity contribution in [3.05, 3.63) is 52.3 Å². The number of carbonyl (C=O) groups is 2. The van der Waals surface area contributed by atoms with Crippen molar-refractivity contribution in [1.29, 1.82) is 5.41 Å². The Bertz CT molecular complexity index is 1170. The van der Waals surface area contributed by atoms with Gasteiger partial charge in [0.15, 0.2) is 17.3 Å². The minimum absolute atomic E-state index is 0. The number of nitrogens with zero attached hydrogens (tertiary/aromatic N) is 2. The Balaban J connectivity index is 0.00000361. The second-order valence-corrected chi connectivity index (χ2v) is 10.4. The van der Waals surface area contributed by atoms with Crippen LogP contribution in [0.25, 0.3) is 0 Å². The maximum Gasteiger partial charge on any atom is 0.217 e. The van der Waals surface area contributed by atoms with E-state index in [4.69, 9.17) is 25.6 Å². The number of methoxy groups -OCH3 is 1. The summed E-state index contributed by atoms with van der Waals surface area (Å²) in [6, 6.07) is 7.64. The van der Waals surface area contributed by atoms with E-state index in [0.29, 0.717) is 47.5 Å². The summed E-state index contributed by atoms with van der Waals surface area (Å²) in [4.78, 5) is 31.0. The largest absolute Gasteiger partial charge is 0.493 e. The van der Waals surface area contributed by atoms with Gasteiger partial charge in [0, 0.05) is 41.3 Å². The molecule has 1 aromatic carbocycles. The van der Waals surface area contributed by atoms with Gasteiger partial charge in [0.25, 0.3) is 0 Å². The quantitative estimate of drug-likeness (QED) is 0.327. The standard InChI is InChI=1S/C27H34N4O4.BrH/c1-27(2,3)19-12-18(13-22(25(19)34-4)35-11-5-6-23(28)33)21(32)15-31-14-17-9-10-20(16-7-8-16)30-24(17)26(31)29;/h9-10,12-13,16,29H,5-8,11,14-15H2,1-4H3,(H2,28,33);1H. The van der Waals surface area contributed by atoms with Crippen LogP contribution in [0.2, 0.25) is 0 Å². The van der Waals surface area contributed by atoms with Crippen molar-refractivity contribution < 1.29 is 19.1 Å². The number of amides is 1. The summed E-state index contributed by atoms with van der Waals surface area (Å²) < 4.78 is 11.6. The van der Waals surface area contributed by atoms with Crippen molar-refractivity contribution in [2.75, 3.05) is 20.3 Å². The van der Waals surface area contributed by atoms with Crippen LogP contribution >= 0.6 is 17.0 Å². The Morgan fingerprint density at radius 2 is 1.94 bits per heavy atom. The second-order valence-electron chi connectivity index (χ2n) is 10.4. The first-order chi connectivity index (χ1) is 16.6. The Kier molecular flexibility index (Phi) is 8.44. The van der Waals surface area contributed by atoms with Crippen LogP contribution in [0.1, 0.15) is 85.2 Å². The van der Waals surface area contributed by atoms with Crippen LogP contribution in [0.15, 0.2) is 24.3 Å². The predicted molar refractivity (Wildman–Crippen MR) is 144 cm³/mol. The first-order valence-corrected chi connectivity index (χ1v) is 12.1. The summed E-state index contributed by atoms with van der Waals surface area (Å²) in [6.45, 7) is 6.99. The lowest BCUT2D eigenvalue weighted by Gasteiger charge is -2.25. The monoisotopic (exact) mass is 558 g/mol. The maximum absolute atomic E-state index is 13.4. The lowest BCUT2D eigenvalue weighted by atomic mass is 9.84. The van der Waals surface area contributed by atoms with Gasteiger partial charge in [-0.25, -0.2) is 4.98 Å². The Hall–Kier alpha value is -2.94. The van der Waals surface area contributed by atoms with E-state index in [-0.39, 0.29) is 53.7 Å². The molecule has 2 aromatic rings. The third-order valence-corrected chi connectivity index (χ3v) is 6.45. The van der Waals surface area contributed by atoms with Crippen LogP contribution in [-0.2, 0) is 16.8 Å². The van der Waals surface area contributed by atoms with Crippen LogP contribution in [0.4, 0.5) is 0 Å². The number of ketones is 1. The van der Waals surface area contributed by atoms with Gasteiger partial charge in [0.2, 0.25) is 5.91 Å². The van der Waals surface area contributed by atoms with Gasteiger partial charge in [-0.05, 0) is 42.9 Å². The number of amidine groups is 1. The Labute approximate surface area is 222 Å². The molecule has 194 valence electrons. The number of halogens is 1. The molecule has 0 spiro atoms. The molecule has 1 fully saturated rings. The highest BCUT2D eigenvalue weighted by Crippen LogP contribution is 2.41. The fourth-order valence-electron chi connectivity index (χ4n) is 4.34. The molecule has 1 amide bonds. The number of Topliss-reactive ketones (excluding diaryl/α,β-unsaturated/α-hetero) is 1. The molecule has 1 aromatic heterocycles. The van der Waals surface area contributed by atoms with E-state index >= 15 is 0 Å². The Morgan fingerprint density at radius 3 is 2.56 bits per heavy atom. The number of aromatic nitrogens is 1. The highest BCUT2D eigenvalue weighted by atomic mass is 79.9. The molecule has 0 radical (unpaired) electrons. The van der Waals surface area contributed by atoms with Gasteiger partial charge in [0.05, 0.1) is 20.3 Å². The van der Waals surface area contributed by atoms with E-state index in [1.165, 1.54) is 0 Å². The molecule has 0 atom stereocenters. The van der Waals surface area contributed by atoms with Crippen LogP contribution < -0.4 is 15.2 Å². The van der Waals surface area contributed by atoms with E-state index in [1.807, 2.05) is 32.9 Å². The number of nitrogens with one attached hydrogen (secondary N) is 1. The molecular weight excluding hydrogens is 524 g/mol. The highest BCUT2D eigenvalue weighted by molar-refractivity contribution is 8.93. The van der Waals surface area contributed by atoms with Crippen molar-refractivity contribution in [3.8, 4) is 11.5 Å². The number of carbonyl (C=O) groups excluding carboxylic acids is 2. The van der Waals surface area contributed by atoms with Crippen LogP contribution in [0.5, 0.6) is 11.5 Å². The fraction of sp³-hybridized carbons (Fsp3) is 0.481. The molecule has 3 N–H and O–H groups in total. The summed E-state index contributed by atoms with van der Waals surface area (Å²) in [7, 11) is 1.58. The van der Waals surface area contributed by atoms with Crippen molar-refractivity contribution in [2.24, 2.45) is 5.73 Å². The molecular formula is C27H35BrN4O4. The molecule has 4 rings (SSSR count). The van der Waals surface area contributed by atoms with Gasteiger partial charge in [-0.2, -0.15) is 0 Å². The summed E-state index contributed by atoms with van der Waals surface area (Å²) >= 11 is 0. The average Bonchev–Trinajstić information content (AvgIpc) is 3.61. The molecule has 0 bridgehead atoms. The van der Waals surface area contributed by atoms with Crippen molar-refractivity contribution in [1.82, 2.24) is 9.88 Å². The minimum Gasteiger partial charge on any atom is -0.493 e. The Morgan fingerprint density at radius 1 is 1.22 bits per heavy atom. The maximum atomic E-state index is 13.4. The lowest BCUT2D eigenvalue weighted by Crippen LogP contribution is -2.30. The first-order valence-electron chi connectivity index (χ1n) is 12.1. The van der Waals surface area contributed by atoms with Gasteiger partial charge in [0.1, 0.15) is 11.5 Å². The summed E-state index contributed by atoms with van der Waals surface area (Å²) in [6.07, 6.45) is 3.01. The zero-order valence-electron chi connectivity index (χ0n) is 21.3. The second kappa shape index (κ2) is 11.0. The van der Waals surface area contributed by atoms with Crippen molar-refractivity contribution in [3.63, 3.8) is 0 Å². The van der Waals surface area contributed by atoms with Gasteiger partial charge >= 0.3 is 0 Å². The first kappa shape index (κ1) is 27.6. The predicted octanol–water partition coefficient (Wildman–Crippen LogP) is 4.51. The molecule has 2 heterocycles. The number of hydrogen-bond acceptors (Lipinski definition) is 6. The third-order valence-electron chi connectivity index (χ3n) is 6.45. The van der Waals surface area contributed by atoms with E-state index in [1.54, 1.807) is 18.1 Å². The number of benzene rings is 1. The molecule has 1 saturated carbocycles. The average molecular weight is 560 g/mol. The fourth-order valence-corrected chi connectivity index (χ4v) is 4.34. The van der Waals surface area contributed by atoms with E-state index in [2.05, 4.69) is 6.07 Å². The number of pyridine rings is 1. The number of primary amides is 1. The molecule has 9 heteroatoms. The third kappa shape index (κ3) is 6.06. The van der Waals surface area contributed by atoms with E-state index in [9.17, 15) is 9.59 Å². The molecule has 36 heavy (non-hydrogen) atoms. The van der Waals surface area contributed by atoms with Gasteiger partial charge in [-0.1, -0.05) is 26.8 Å².